The number of carboxylic acids is 1. The van der Waals surface area contributed by atoms with Crippen molar-refractivity contribution in [1.82, 2.24) is 9.97 Å². The Bertz CT molecular complexity index is 372. The van der Waals surface area contributed by atoms with E-state index in [9.17, 15) is 4.79 Å². The molecule has 0 bridgehead atoms. The van der Waals surface area contributed by atoms with Crippen LogP contribution >= 0.6 is 0 Å². The van der Waals surface area contributed by atoms with Crippen LogP contribution in [0.1, 0.15) is 5.56 Å². The Kier molecular flexibility index (Phi) is 3.61. The minimum atomic E-state index is -1.17. The molecule has 1 aromatic rings. The van der Waals surface area contributed by atoms with Crippen molar-refractivity contribution in [3.63, 3.8) is 0 Å². The number of aliphatic hydroxyl groups excluding tert-OH is 1. The molecule has 0 aromatic carbocycles. The predicted molar refractivity (Wildman–Crippen MR) is 50.6 cm³/mol. The van der Waals surface area contributed by atoms with E-state index in [1.54, 1.807) is 0 Å². The minimum Gasteiger partial charge on any atom is -0.515 e. The second-order valence-electron chi connectivity index (χ2n) is 2.71. The topological polar surface area (TPSA) is 92.5 Å². The number of carbonyl (C=O) groups is 1. The van der Waals surface area contributed by atoms with Crippen molar-refractivity contribution in [2.24, 2.45) is 0 Å². The average molecular weight is 210 g/mol. The fourth-order valence-electron chi connectivity index (χ4n) is 0.936. The van der Waals surface area contributed by atoms with E-state index >= 15 is 0 Å². The molecule has 0 spiro atoms. The Morgan fingerprint density at radius 1 is 1.53 bits per heavy atom. The Morgan fingerprint density at radius 2 is 2.13 bits per heavy atom. The third kappa shape index (κ3) is 2.94. The molecular formula is C9H10N2O4. The van der Waals surface area contributed by atoms with Crippen LogP contribution in [0.5, 0.6) is 6.01 Å². The zero-order valence-electron chi connectivity index (χ0n) is 8.04. The lowest BCUT2D eigenvalue weighted by Gasteiger charge is -2.01. The highest BCUT2D eigenvalue weighted by Gasteiger charge is 2.09. The van der Waals surface area contributed by atoms with Gasteiger partial charge in [-0.3, -0.25) is 0 Å². The molecular weight excluding hydrogens is 200 g/mol. The van der Waals surface area contributed by atoms with Gasteiger partial charge in [-0.1, -0.05) is 0 Å². The lowest BCUT2D eigenvalue weighted by Crippen LogP contribution is -2.04. The quantitative estimate of drug-likeness (QED) is 0.557. The molecule has 0 aliphatic carbocycles. The lowest BCUT2D eigenvalue weighted by molar-refractivity contribution is -0.132. The van der Waals surface area contributed by atoms with Crippen LogP contribution in [0.4, 0.5) is 0 Å². The lowest BCUT2D eigenvalue weighted by atomic mass is 10.1. The van der Waals surface area contributed by atoms with E-state index in [-0.39, 0.29) is 18.0 Å². The maximum atomic E-state index is 10.6. The van der Waals surface area contributed by atoms with E-state index < -0.39 is 5.97 Å². The summed E-state index contributed by atoms with van der Waals surface area (Å²) in [5.41, 5.74) is 0.460. The second-order valence-corrected chi connectivity index (χ2v) is 2.71. The summed E-state index contributed by atoms with van der Waals surface area (Å²) in [6, 6.07) is 0.212. The summed E-state index contributed by atoms with van der Waals surface area (Å²) in [5.74, 6) is -1.17. The maximum Gasteiger partial charge on any atom is 0.335 e. The van der Waals surface area contributed by atoms with Crippen LogP contribution in [0, 0.1) is 0 Å². The number of nitrogens with zero attached hydrogens (tertiary/aromatic N) is 2. The summed E-state index contributed by atoms with van der Waals surface area (Å²) in [5, 5.41) is 17.3. The van der Waals surface area contributed by atoms with E-state index in [1.807, 2.05) is 0 Å². The first-order valence-electron chi connectivity index (χ1n) is 4.09. The SMILES string of the molecule is COc1ncc(CC(=CO)C(=O)O)cn1. The van der Waals surface area contributed by atoms with Crippen LogP contribution in [-0.4, -0.2) is 33.3 Å². The average Bonchev–Trinajstić information content (AvgIpc) is 2.26. The highest BCUT2D eigenvalue weighted by molar-refractivity contribution is 5.86. The summed E-state index contributed by atoms with van der Waals surface area (Å²) in [6.45, 7) is 0. The molecule has 0 fully saturated rings. The highest BCUT2D eigenvalue weighted by atomic mass is 16.5. The van der Waals surface area contributed by atoms with Gasteiger partial charge in [0.15, 0.2) is 0 Å². The molecule has 0 radical (unpaired) electrons. The number of rotatable bonds is 4. The van der Waals surface area contributed by atoms with Gasteiger partial charge >= 0.3 is 12.0 Å². The molecule has 0 aliphatic rings. The first-order valence-corrected chi connectivity index (χ1v) is 4.09. The van der Waals surface area contributed by atoms with E-state index in [4.69, 9.17) is 14.9 Å². The van der Waals surface area contributed by atoms with E-state index in [1.165, 1.54) is 19.5 Å². The van der Waals surface area contributed by atoms with Gasteiger partial charge in [0.05, 0.1) is 18.9 Å². The van der Waals surface area contributed by atoms with Crippen LogP contribution in [-0.2, 0) is 11.2 Å². The van der Waals surface area contributed by atoms with Gasteiger partial charge in [-0.25, -0.2) is 14.8 Å². The third-order valence-corrected chi connectivity index (χ3v) is 1.69. The molecule has 0 amide bonds. The zero-order valence-corrected chi connectivity index (χ0v) is 8.04. The largest absolute Gasteiger partial charge is 0.515 e. The summed E-state index contributed by atoms with van der Waals surface area (Å²) in [4.78, 5) is 18.2. The third-order valence-electron chi connectivity index (χ3n) is 1.69. The molecule has 80 valence electrons. The first kappa shape index (κ1) is 11.0. The summed E-state index contributed by atoms with van der Waals surface area (Å²) >= 11 is 0. The van der Waals surface area contributed by atoms with Gasteiger partial charge in [-0.15, -0.1) is 0 Å². The molecule has 0 unspecified atom stereocenters. The van der Waals surface area contributed by atoms with Crippen LogP contribution in [0.2, 0.25) is 0 Å². The van der Waals surface area contributed by atoms with Crippen LogP contribution in [0.3, 0.4) is 0 Å². The zero-order chi connectivity index (χ0) is 11.3. The van der Waals surface area contributed by atoms with Gasteiger partial charge in [-0.2, -0.15) is 0 Å². The number of aliphatic carboxylic acids is 1. The fraction of sp³-hybridized carbons (Fsp3) is 0.222. The molecule has 1 aromatic heterocycles. The van der Waals surface area contributed by atoms with E-state index in [0.29, 0.717) is 11.8 Å². The Morgan fingerprint density at radius 3 is 2.53 bits per heavy atom. The summed E-state index contributed by atoms with van der Waals surface area (Å²) < 4.78 is 4.75. The van der Waals surface area contributed by atoms with Crippen LogP contribution in [0.15, 0.2) is 24.2 Å². The summed E-state index contributed by atoms with van der Waals surface area (Å²) in [7, 11) is 1.44. The van der Waals surface area contributed by atoms with E-state index in [2.05, 4.69) is 9.97 Å². The van der Waals surface area contributed by atoms with Crippen molar-refractivity contribution < 1.29 is 19.7 Å². The number of aromatic nitrogens is 2. The molecule has 0 aliphatic heterocycles. The minimum absolute atomic E-state index is 0.0653. The molecule has 6 heteroatoms. The molecule has 0 saturated heterocycles. The van der Waals surface area contributed by atoms with Crippen LogP contribution < -0.4 is 4.74 Å². The van der Waals surface area contributed by atoms with Crippen molar-refractivity contribution >= 4 is 5.97 Å². The normalized spacial score (nSPS) is 11.1. The van der Waals surface area contributed by atoms with Crippen molar-refractivity contribution in [1.29, 1.82) is 0 Å². The monoisotopic (exact) mass is 210 g/mol. The molecule has 0 saturated carbocycles. The standard InChI is InChI=1S/C9H10N2O4/c1-15-9-10-3-6(4-11-9)2-7(5-12)8(13)14/h3-5,12H,2H2,1H3,(H,13,14). The van der Waals surface area contributed by atoms with Gasteiger partial charge in [0.25, 0.3) is 0 Å². The fourth-order valence-corrected chi connectivity index (χ4v) is 0.936. The van der Waals surface area contributed by atoms with Crippen molar-refractivity contribution in [3.05, 3.63) is 29.8 Å². The van der Waals surface area contributed by atoms with Crippen molar-refractivity contribution in [2.75, 3.05) is 7.11 Å². The number of aliphatic hydroxyl groups is 1. The molecule has 1 heterocycles. The number of carboxylic acid groups (broad SMARTS) is 1. The van der Waals surface area contributed by atoms with E-state index in [0.717, 1.165) is 0 Å². The first-order chi connectivity index (χ1) is 7.17. The van der Waals surface area contributed by atoms with Gasteiger partial charge in [0.2, 0.25) is 0 Å². The number of ether oxygens (including phenoxy) is 1. The number of hydrogen-bond acceptors (Lipinski definition) is 5. The Balaban J connectivity index is 2.76. The highest BCUT2D eigenvalue weighted by Crippen LogP contribution is 2.08. The molecule has 2 N–H and O–H groups in total. The number of methoxy groups -OCH3 is 1. The Hall–Kier alpha value is -2.11. The maximum absolute atomic E-state index is 10.6. The Labute approximate surface area is 85.9 Å². The van der Waals surface area contributed by atoms with Crippen LogP contribution in [0.25, 0.3) is 0 Å². The smallest absolute Gasteiger partial charge is 0.335 e. The molecule has 1 rings (SSSR count). The van der Waals surface area contributed by atoms with Crippen molar-refractivity contribution in [2.45, 2.75) is 6.42 Å². The molecule has 15 heavy (non-hydrogen) atoms. The van der Waals surface area contributed by atoms with Crippen molar-refractivity contribution in [3.8, 4) is 6.01 Å². The van der Waals surface area contributed by atoms with Gasteiger partial charge in [0.1, 0.15) is 0 Å². The summed E-state index contributed by atoms with van der Waals surface area (Å²) in [6.07, 6.45) is 3.51. The predicted octanol–water partition coefficient (Wildman–Crippen LogP) is 0.554. The molecule has 0 atom stereocenters. The second kappa shape index (κ2) is 4.94. The van der Waals surface area contributed by atoms with Gasteiger partial charge in [0, 0.05) is 18.8 Å². The number of hydrogen-bond donors (Lipinski definition) is 2. The molecule has 6 nitrogen and oxygen atoms in total. The van der Waals surface area contributed by atoms with Gasteiger partial charge < -0.3 is 14.9 Å². The van der Waals surface area contributed by atoms with Gasteiger partial charge in [-0.05, 0) is 5.56 Å².